The van der Waals surface area contributed by atoms with Gasteiger partial charge in [-0.15, -0.1) is 5.92 Å². The van der Waals surface area contributed by atoms with Crippen LogP contribution in [0.3, 0.4) is 0 Å². The number of carbonyl (C=O) groups is 1. The van der Waals surface area contributed by atoms with Gasteiger partial charge >= 0.3 is 5.97 Å². The summed E-state index contributed by atoms with van der Waals surface area (Å²) in [5.41, 5.74) is 2.02. The summed E-state index contributed by atoms with van der Waals surface area (Å²) in [4.78, 5) is 12.1. The Kier molecular flexibility index (Phi) is 7.40. The summed E-state index contributed by atoms with van der Waals surface area (Å²) >= 11 is 0. The van der Waals surface area contributed by atoms with Crippen LogP contribution in [0.15, 0.2) is 54.6 Å². The molecule has 130 valence electrons. The van der Waals surface area contributed by atoms with Gasteiger partial charge in [-0.1, -0.05) is 36.3 Å². The Bertz CT molecular complexity index is 714. The molecule has 0 aromatic heterocycles. The minimum atomic E-state index is -0.691. The average molecular weight is 337 g/mol. The molecule has 0 aliphatic heterocycles. The maximum absolute atomic E-state index is 12.1. The van der Waals surface area contributed by atoms with Crippen LogP contribution in [0, 0.1) is 11.8 Å². The van der Waals surface area contributed by atoms with E-state index in [9.17, 15) is 4.79 Å². The number of aryl methyl sites for hydroxylation is 1. The smallest absolute Gasteiger partial charge is 0.341 e. The molecule has 0 saturated heterocycles. The Labute approximate surface area is 149 Å². The van der Waals surface area contributed by atoms with Gasteiger partial charge < -0.3 is 14.8 Å². The Hall–Kier alpha value is -2.93. The molecule has 2 aromatic carbocycles. The molecule has 1 unspecified atom stereocenters. The summed E-state index contributed by atoms with van der Waals surface area (Å²) in [5.74, 6) is 6.45. The van der Waals surface area contributed by atoms with Crippen molar-refractivity contribution >= 4 is 11.7 Å². The number of rotatable bonds is 7. The van der Waals surface area contributed by atoms with Gasteiger partial charge in [0.25, 0.3) is 0 Å². The first-order chi connectivity index (χ1) is 12.2. The van der Waals surface area contributed by atoms with Crippen LogP contribution < -0.4 is 10.1 Å². The second-order valence-electron chi connectivity index (χ2n) is 5.36. The highest BCUT2D eigenvalue weighted by atomic mass is 16.5. The van der Waals surface area contributed by atoms with Crippen LogP contribution in [0.1, 0.15) is 18.9 Å². The van der Waals surface area contributed by atoms with Crippen molar-refractivity contribution in [3.63, 3.8) is 0 Å². The van der Waals surface area contributed by atoms with E-state index in [4.69, 9.17) is 9.47 Å². The summed E-state index contributed by atoms with van der Waals surface area (Å²) in [6.07, 6.45) is 1.54. The van der Waals surface area contributed by atoms with Crippen molar-refractivity contribution < 1.29 is 14.3 Å². The zero-order chi connectivity index (χ0) is 17.9. The molecule has 4 heteroatoms. The lowest BCUT2D eigenvalue weighted by molar-refractivity contribution is -0.142. The Morgan fingerprint density at radius 2 is 1.84 bits per heavy atom. The molecule has 2 aromatic rings. The zero-order valence-electron chi connectivity index (χ0n) is 14.6. The lowest BCUT2D eigenvalue weighted by Crippen LogP contribution is -2.30. The van der Waals surface area contributed by atoms with E-state index in [0.29, 0.717) is 13.0 Å². The van der Waals surface area contributed by atoms with Gasteiger partial charge in [0, 0.05) is 12.1 Å². The predicted octanol–water partition coefficient (Wildman–Crippen LogP) is 3.68. The highest BCUT2D eigenvalue weighted by Crippen LogP contribution is 2.16. The number of nitrogens with one attached hydrogen (secondary N) is 1. The topological polar surface area (TPSA) is 47.6 Å². The van der Waals surface area contributed by atoms with Gasteiger partial charge in [-0.3, -0.25) is 0 Å². The van der Waals surface area contributed by atoms with E-state index in [1.54, 1.807) is 14.0 Å². The maximum Gasteiger partial charge on any atom is 0.341 e. The van der Waals surface area contributed by atoms with Crippen molar-refractivity contribution in [2.45, 2.75) is 25.8 Å². The number of hydrogen-bond acceptors (Lipinski definition) is 4. The van der Waals surface area contributed by atoms with Crippen LogP contribution in [-0.2, 0) is 16.0 Å². The summed E-state index contributed by atoms with van der Waals surface area (Å²) in [7, 11) is 1.61. The van der Waals surface area contributed by atoms with E-state index >= 15 is 0 Å². The second-order valence-corrected chi connectivity index (χ2v) is 5.36. The fourth-order valence-electron chi connectivity index (χ4n) is 2.26. The molecule has 0 saturated carbocycles. The summed E-state index contributed by atoms with van der Waals surface area (Å²) in [5, 5.41) is 3.11. The third kappa shape index (κ3) is 6.23. The molecule has 0 aliphatic carbocycles. The Balaban J connectivity index is 2.00. The molecule has 2 rings (SSSR count). The first kappa shape index (κ1) is 18.4. The van der Waals surface area contributed by atoms with Crippen LogP contribution in [0.5, 0.6) is 5.75 Å². The van der Waals surface area contributed by atoms with Crippen LogP contribution in [0.4, 0.5) is 5.69 Å². The minimum Gasteiger partial charge on any atom is -0.497 e. The lowest BCUT2D eigenvalue weighted by Gasteiger charge is -2.13. The van der Waals surface area contributed by atoms with Crippen molar-refractivity contribution in [2.75, 3.05) is 19.0 Å². The number of ether oxygens (including phenoxy) is 2. The SMILES string of the molecule is CCOC(=O)C(C#CCCc1ccccc1)Nc1ccc(OC)cc1. The minimum absolute atomic E-state index is 0.325. The van der Waals surface area contributed by atoms with Crippen molar-refractivity contribution in [3.05, 3.63) is 60.2 Å². The summed E-state index contributed by atoms with van der Waals surface area (Å²) < 4.78 is 10.2. The van der Waals surface area contributed by atoms with E-state index in [0.717, 1.165) is 17.9 Å². The lowest BCUT2D eigenvalue weighted by atomic mass is 10.1. The van der Waals surface area contributed by atoms with Gasteiger partial charge in [-0.25, -0.2) is 4.79 Å². The Morgan fingerprint density at radius 1 is 1.12 bits per heavy atom. The van der Waals surface area contributed by atoms with E-state index in [-0.39, 0.29) is 5.97 Å². The number of hydrogen-bond donors (Lipinski definition) is 1. The molecule has 0 fully saturated rings. The van der Waals surface area contributed by atoms with Gasteiger partial charge in [-0.05, 0) is 43.2 Å². The summed E-state index contributed by atoms with van der Waals surface area (Å²) in [6.45, 7) is 2.11. The molecule has 1 N–H and O–H groups in total. The normalized spacial score (nSPS) is 11.0. The Morgan fingerprint density at radius 3 is 2.48 bits per heavy atom. The van der Waals surface area contributed by atoms with Crippen LogP contribution in [0.2, 0.25) is 0 Å². The molecule has 25 heavy (non-hydrogen) atoms. The quantitative estimate of drug-likeness (QED) is 0.618. The van der Waals surface area contributed by atoms with Gasteiger partial charge in [0.1, 0.15) is 5.75 Å². The first-order valence-electron chi connectivity index (χ1n) is 8.32. The number of carbonyl (C=O) groups excluding carboxylic acids is 1. The maximum atomic E-state index is 12.1. The van der Waals surface area contributed by atoms with Crippen molar-refractivity contribution in [1.82, 2.24) is 0 Å². The fourth-order valence-corrected chi connectivity index (χ4v) is 2.26. The zero-order valence-corrected chi connectivity index (χ0v) is 14.6. The number of anilines is 1. The summed E-state index contributed by atoms with van der Waals surface area (Å²) in [6, 6.07) is 16.8. The van der Waals surface area contributed by atoms with Crippen LogP contribution in [-0.4, -0.2) is 25.7 Å². The molecule has 0 aliphatic rings. The van der Waals surface area contributed by atoms with Gasteiger partial charge in [-0.2, -0.15) is 0 Å². The van der Waals surface area contributed by atoms with Crippen molar-refractivity contribution in [2.24, 2.45) is 0 Å². The molecular weight excluding hydrogens is 314 g/mol. The van der Waals surface area contributed by atoms with Gasteiger partial charge in [0.05, 0.1) is 13.7 Å². The largest absolute Gasteiger partial charge is 0.497 e. The van der Waals surface area contributed by atoms with E-state index in [1.165, 1.54) is 5.56 Å². The van der Waals surface area contributed by atoms with E-state index < -0.39 is 6.04 Å². The van der Waals surface area contributed by atoms with Crippen molar-refractivity contribution in [3.8, 4) is 17.6 Å². The molecule has 1 atom stereocenters. The molecule has 0 radical (unpaired) electrons. The third-order valence-corrected chi connectivity index (χ3v) is 3.55. The number of methoxy groups -OCH3 is 1. The molecule has 4 nitrogen and oxygen atoms in total. The van der Waals surface area contributed by atoms with Crippen LogP contribution in [0.25, 0.3) is 0 Å². The predicted molar refractivity (Wildman–Crippen MR) is 99.6 cm³/mol. The second kappa shape index (κ2) is 10.0. The third-order valence-electron chi connectivity index (χ3n) is 3.55. The number of benzene rings is 2. The monoisotopic (exact) mass is 337 g/mol. The van der Waals surface area contributed by atoms with Crippen LogP contribution >= 0.6 is 0 Å². The van der Waals surface area contributed by atoms with E-state index in [1.807, 2.05) is 42.5 Å². The standard InChI is InChI=1S/C21H23NO3/c1-3-25-21(23)20(22-18-13-15-19(24-2)16-14-18)12-8-7-11-17-9-5-4-6-10-17/h4-6,9-10,13-16,20,22H,3,7,11H2,1-2H3. The fraction of sp³-hybridized carbons (Fsp3) is 0.286. The molecule has 0 heterocycles. The van der Waals surface area contributed by atoms with Crippen molar-refractivity contribution in [1.29, 1.82) is 0 Å². The molecule has 0 amide bonds. The molecular formula is C21H23NO3. The van der Waals surface area contributed by atoms with Gasteiger partial charge in [0.15, 0.2) is 6.04 Å². The van der Waals surface area contributed by atoms with E-state index in [2.05, 4.69) is 29.3 Å². The first-order valence-corrected chi connectivity index (χ1v) is 8.32. The molecule has 0 bridgehead atoms. The highest BCUT2D eigenvalue weighted by Gasteiger charge is 2.16. The molecule has 0 spiro atoms. The number of esters is 1. The average Bonchev–Trinajstić information content (AvgIpc) is 2.65. The highest BCUT2D eigenvalue weighted by molar-refractivity contribution is 5.83. The van der Waals surface area contributed by atoms with Gasteiger partial charge in [0.2, 0.25) is 0 Å².